The molecular formula is C15H13N3O. The zero-order valence-electron chi connectivity index (χ0n) is 10.5. The van der Waals surface area contributed by atoms with Gasteiger partial charge >= 0.3 is 0 Å². The van der Waals surface area contributed by atoms with E-state index in [4.69, 9.17) is 5.73 Å². The van der Waals surface area contributed by atoms with Crippen LogP contribution in [-0.2, 0) is 0 Å². The second kappa shape index (κ2) is 4.24. The van der Waals surface area contributed by atoms with Gasteiger partial charge in [0.2, 0.25) is 0 Å². The van der Waals surface area contributed by atoms with Crippen LogP contribution in [0.25, 0.3) is 16.9 Å². The van der Waals surface area contributed by atoms with Crippen LogP contribution in [0, 0.1) is 6.92 Å². The van der Waals surface area contributed by atoms with Crippen LogP contribution in [0.4, 0.5) is 0 Å². The quantitative estimate of drug-likeness (QED) is 0.760. The molecule has 0 bridgehead atoms. The highest BCUT2D eigenvalue weighted by Gasteiger charge is 2.15. The molecule has 0 aliphatic heterocycles. The minimum Gasteiger partial charge on any atom is -0.364 e. The first-order chi connectivity index (χ1) is 9.16. The van der Waals surface area contributed by atoms with E-state index in [1.807, 2.05) is 60.0 Å². The Labute approximate surface area is 110 Å². The number of fused-ring (bicyclic) bond motifs is 1. The van der Waals surface area contributed by atoms with Crippen molar-refractivity contribution in [2.24, 2.45) is 5.73 Å². The van der Waals surface area contributed by atoms with E-state index in [1.54, 1.807) is 0 Å². The molecule has 0 saturated heterocycles. The van der Waals surface area contributed by atoms with Gasteiger partial charge in [0.1, 0.15) is 5.82 Å². The number of imidazole rings is 1. The summed E-state index contributed by atoms with van der Waals surface area (Å²) in [5.41, 5.74) is 8.53. The second-order valence-electron chi connectivity index (χ2n) is 4.47. The fourth-order valence-corrected chi connectivity index (χ4v) is 2.21. The molecule has 0 radical (unpaired) electrons. The molecule has 2 N–H and O–H groups in total. The maximum atomic E-state index is 11.5. The molecule has 2 heterocycles. The van der Waals surface area contributed by atoms with Crippen molar-refractivity contribution in [1.29, 1.82) is 0 Å². The van der Waals surface area contributed by atoms with Crippen molar-refractivity contribution in [3.63, 3.8) is 0 Å². The molecule has 0 aliphatic carbocycles. The fraction of sp³-hybridized carbons (Fsp3) is 0.0667. The molecule has 4 heteroatoms. The molecule has 1 aromatic carbocycles. The van der Waals surface area contributed by atoms with Gasteiger partial charge in [0.05, 0.1) is 5.52 Å². The number of primary amides is 1. The Morgan fingerprint density at radius 3 is 2.79 bits per heavy atom. The lowest BCUT2D eigenvalue weighted by atomic mass is 10.1. The molecule has 19 heavy (non-hydrogen) atoms. The number of nitrogens with two attached hydrogens (primary N) is 1. The first-order valence-corrected chi connectivity index (χ1v) is 6.01. The van der Waals surface area contributed by atoms with Crippen molar-refractivity contribution in [3.8, 4) is 11.4 Å². The Kier molecular flexibility index (Phi) is 2.56. The second-order valence-corrected chi connectivity index (χ2v) is 4.47. The van der Waals surface area contributed by atoms with Gasteiger partial charge in [-0.1, -0.05) is 29.8 Å². The number of nitrogens with zero attached hydrogens (tertiary/aromatic N) is 2. The van der Waals surface area contributed by atoms with Crippen LogP contribution in [0.5, 0.6) is 0 Å². The van der Waals surface area contributed by atoms with Crippen molar-refractivity contribution in [2.75, 3.05) is 0 Å². The number of aromatic nitrogens is 2. The molecule has 0 unspecified atom stereocenters. The third-order valence-corrected chi connectivity index (χ3v) is 3.06. The van der Waals surface area contributed by atoms with Crippen molar-refractivity contribution in [2.45, 2.75) is 6.92 Å². The molecule has 4 nitrogen and oxygen atoms in total. The van der Waals surface area contributed by atoms with Crippen LogP contribution in [0.2, 0.25) is 0 Å². The molecule has 0 aliphatic rings. The average molecular weight is 251 g/mol. The summed E-state index contributed by atoms with van der Waals surface area (Å²) in [5.74, 6) is 0.218. The zero-order chi connectivity index (χ0) is 13.4. The third-order valence-electron chi connectivity index (χ3n) is 3.06. The number of carbonyl (C=O) groups excluding carboxylic acids is 1. The molecule has 0 saturated carbocycles. The molecule has 0 spiro atoms. The number of rotatable bonds is 2. The predicted molar refractivity (Wildman–Crippen MR) is 73.9 cm³/mol. The number of hydrogen-bond acceptors (Lipinski definition) is 2. The van der Waals surface area contributed by atoms with Crippen LogP contribution in [0.3, 0.4) is 0 Å². The standard InChI is InChI=1S/C15H13N3O/c1-10-5-4-6-11(9-10)15-17-13(14(16)19)12-7-2-3-8-18(12)15/h2-9H,1H3,(H2,16,19). The van der Waals surface area contributed by atoms with Crippen LogP contribution in [-0.4, -0.2) is 15.3 Å². The van der Waals surface area contributed by atoms with Gasteiger partial charge in [-0.05, 0) is 25.1 Å². The Morgan fingerprint density at radius 1 is 1.21 bits per heavy atom. The number of pyridine rings is 1. The van der Waals surface area contributed by atoms with Gasteiger partial charge in [0.15, 0.2) is 5.69 Å². The number of carbonyl (C=O) groups is 1. The third kappa shape index (κ3) is 1.87. The molecule has 1 amide bonds. The molecule has 0 atom stereocenters. The van der Waals surface area contributed by atoms with E-state index in [-0.39, 0.29) is 0 Å². The minimum atomic E-state index is -0.511. The van der Waals surface area contributed by atoms with E-state index in [0.717, 1.165) is 22.5 Å². The lowest BCUT2D eigenvalue weighted by molar-refractivity contribution is 0.0997. The molecular weight excluding hydrogens is 238 g/mol. The van der Waals surface area contributed by atoms with E-state index in [1.165, 1.54) is 0 Å². The van der Waals surface area contributed by atoms with E-state index in [0.29, 0.717) is 5.69 Å². The Balaban J connectivity index is 2.33. The van der Waals surface area contributed by atoms with Crippen molar-refractivity contribution in [3.05, 3.63) is 59.9 Å². The summed E-state index contributed by atoms with van der Waals surface area (Å²) >= 11 is 0. The molecule has 3 aromatic rings. The Hall–Kier alpha value is -2.62. The van der Waals surface area contributed by atoms with Gasteiger partial charge < -0.3 is 5.73 Å². The highest BCUT2D eigenvalue weighted by Crippen LogP contribution is 2.23. The average Bonchev–Trinajstić information content (AvgIpc) is 2.78. The summed E-state index contributed by atoms with van der Waals surface area (Å²) in [5, 5.41) is 0. The smallest absolute Gasteiger partial charge is 0.269 e. The number of amides is 1. The van der Waals surface area contributed by atoms with Gasteiger partial charge in [-0.2, -0.15) is 0 Å². The number of hydrogen-bond donors (Lipinski definition) is 1. The van der Waals surface area contributed by atoms with Gasteiger partial charge in [-0.3, -0.25) is 9.20 Å². The normalized spacial score (nSPS) is 10.8. The van der Waals surface area contributed by atoms with Crippen molar-refractivity contribution in [1.82, 2.24) is 9.38 Å². The molecule has 3 rings (SSSR count). The highest BCUT2D eigenvalue weighted by molar-refractivity contribution is 5.98. The molecule has 0 fully saturated rings. The van der Waals surface area contributed by atoms with Gasteiger partial charge in [0, 0.05) is 11.8 Å². The lowest BCUT2D eigenvalue weighted by Gasteiger charge is -2.01. The molecule has 2 aromatic heterocycles. The summed E-state index contributed by atoms with van der Waals surface area (Å²) in [6, 6.07) is 13.6. The van der Waals surface area contributed by atoms with E-state index < -0.39 is 5.91 Å². The van der Waals surface area contributed by atoms with E-state index in [2.05, 4.69) is 4.98 Å². The van der Waals surface area contributed by atoms with Crippen LogP contribution < -0.4 is 5.73 Å². The van der Waals surface area contributed by atoms with Gasteiger partial charge in [-0.25, -0.2) is 4.98 Å². The summed E-state index contributed by atoms with van der Waals surface area (Å²) in [4.78, 5) is 15.9. The maximum absolute atomic E-state index is 11.5. The minimum absolute atomic E-state index is 0.303. The fourth-order valence-electron chi connectivity index (χ4n) is 2.21. The highest BCUT2D eigenvalue weighted by atomic mass is 16.1. The molecule has 94 valence electrons. The first kappa shape index (κ1) is 11.5. The number of aryl methyl sites for hydroxylation is 1. The Morgan fingerprint density at radius 2 is 2.05 bits per heavy atom. The first-order valence-electron chi connectivity index (χ1n) is 6.01. The maximum Gasteiger partial charge on any atom is 0.269 e. The number of benzene rings is 1. The Bertz CT molecular complexity index is 774. The lowest BCUT2D eigenvalue weighted by Crippen LogP contribution is -2.11. The largest absolute Gasteiger partial charge is 0.364 e. The summed E-state index contributed by atoms with van der Waals surface area (Å²) in [6.07, 6.45) is 1.88. The van der Waals surface area contributed by atoms with Crippen molar-refractivity contribution >= 4 is 11.4 Å². The van der Waals surface area contributed by atoms with Crippen LogP contribution in [0.15, 0.2) is 48.7 Å². The van der Waals surface area contributed by atoms with Gasteiger partial charge in [0.25, 0.3) is 5.91 Å². The summed E-state index contributed by atoms with van der Waals surface area (Å²) < 4.78 is 1.88. The van der Waals surface area contributed by atoms with E-state index in [9.17, 15) is 4.79 Å². The predicted octanol–water partition coefficient (Wildman–Crippen LogP) is 2.41. The monoisotopic (exact) mass is 251 g/mol. The van der Waals surface area contributed by atoms with E-state index >= 15 is 0 Å². The van der Waals surface area contributed by atoms with Gasteiger partial charge in [-0.15, -0.1) is 0 Å². The van der Waals surface area contributed by atoms with Crippen LogP contribution in [0.1, 0.15) is 16.1 Å². The topological polar surface area (TPSA) is 60.4 Å². The van der Waals surface area contributed by atoms with Crippen LogP contribution >= 0.6 is 0 Å². The summed E-state index contributed by atoms with van der Waals surface area (Å²) in [7, 11) is 0. The van der Waals surface area contributed by atoms with Crippen molar-refractivity contribution < 1.29 is 4.79 Å². The zero-order valence-corrected chi connectivity index (χ0v) is 10.5. The SMILES string of the molecule is Cc1cccc(-c2nc(C(N)=O)c3ccccn23)c1. The summed E-state index contributed by atoms with van der Waals surface area (Å²) in [6.45, 7) is 2.02.